The molecule has 0 unspecified atom stereocenters. The van der Waals surface area contributed by atoms with Crippen molar-refractivity contribution in [3.8, 4) is 0 Å². The maximum atomic E-state index is 12.3. The predicted octanol–water partition coefficient (Wildman–Crippen LogP) is 3.64. The molecule has 0 N–H and O–H groups in total. The highest BCUT2D eigenvalue weighted by Crippen LogP contribution is 2.28. The minimum atomic E-state index is -0.0566. The lowest BCUT2D eigenvalue weighted by Crippen LogP contribution is -2.21. The van der Waals surface area contributed by atoms with Gasteiger partial charge in [-0.2, -0.15) is 0 Å². The average molecular weight is 264 g/mol. The van der Waals surface area contributed by atoms with E-state index in [1.54, 1.807) is 30.3 Å². The van der Waals surface area contributed by atoms with E-state index in [9.17, 15) is 9.59 Å². The highest BCUT2D eigenvalue weighted by atomic mass is 16.1. The summed E-state index contributed by atoms with van der Waals surface area (Å²) < 4.78 is 0. The Bertz CT molecular complexity index is 745. The van der Waals surface area contributed by atoms with Crippen LogP contribution in [0.2, 0.25) is 0 Å². The zero-order valence-electron chi connectivity index (χ0n) is 10.7. The van der Waals surface area contributed by atoms with Gasteiger partial charge in [-0.1, -0.05) is 42.5 Å². The Morgan fingerprint density at radius 2 is 1.30 bits per heavy atom. The zero-order valence-corrected chi connectivity index (χ0v) is 10.7. The largest absolute Gasteiger partial charge is 0.373 e. The highest BCUT2D eigenvalue weighted by Gasteiger charge is 2.29. The first-order valence-corrected chi connectivity index (χ1v) is 5.88. The van der Waals surface area contributed by atoms with Crippen molar-refractivity contribution >= 4 is 11.6 Å². The van der Waals surface area contributed by atoms with Gasteiger partial charge < -0.3 is 11.1 Å². The summed E-state index contributed by atoms with van der Waals surface area (Å²) in [7, 11) is 0. The van der Waals surface area contributed by atoms with E-state index in [0.717, 1.165) is 5.56 Å². The van der Waals surface area contributed by atoms with Crippen molar-refractivity contribution in [3.05, 3.63) is 86.3 Å². The van der Waals surface area contributed by atoms with Crippen molar-refractivity contribution < 1.29 is 9.59 Å². The average Bonchev–Trinajstić information content (AvgIpc) is 2.45. The van der Waals surface area contributed by atoms with Crippen LogP contribution < -0.4 is 0 Å². The Kier molecular flexibility index (Phi) is 3.64. The Balaban J connectivity index is 0.000000452. The molecule has 1 aliphatic carbocycles. The van der Waals surface area contributed by atoms with Gasteiger partial charge in [0.15, 0.2) is 11.6 Å². The SMILES string of the molecule is Cc1cccc2c1C(=O)c1ccccc1C2=O.[N-]=[N+]=[N-]. The van der Waals surface area contributed by atoms with E-state index in [4.69, 9.17) is 11.1 Å². The monoisotopic (exact) mass is 264 g/mol. The summed E-state index contributed by atoms with van der Waals surface area (Å²) in [4.78, 5) is 26.1. The molecule has 0 saturated carbocycles. The lowest BCUT2D eigenvalue weighted by atomic mass is 9.82. The molecule has 0 bridgehead atoms. The molecule has 0 fully saturated rings. The van der Waals surface area contributed by atoms with Crippen LogP contribution in [0.1, 0.15) is 37.4 Å². The third-order valence-corrected chi connectivity index (χ3v) is 3.16. The van der Waals surface area contributed by atoms with E-state index < -0.39 is 0 Å². The minimum absolute atomic E-state index is 0.0479. The van der Waals surface area contributed by atoms with Crippen molar-refractivity contribution in [1.82, 2.24) is 0 Å². The van der Waals surface area contributed by atoms with Gasteiger partial charge in [-0.05, 0) is 12.5 Å². The Morgan fingerprint density at radius 3 is 1.90 bits per heavy atom. The first kappa shape index (κ1) is 13.5. The maximum absolute atomic E-state index is 12.3. The fourth-order valence-corrected chi connectivity index (χ4v) is 2.32. The molecule has 0 radical (unpaired) electrons. The van der Waals surface area contributed by atoms with Crippen LogP contribution in [0.15, 0.2) is 42.5 Å². The van der Waals surface area contributed by atoms with E-state index in [2.05, 4.69) is 0 Å². The molecule has 98 valence electrons. The lowest BCUT2D eigenvalue weighted by molar-refractivity contribution is 0.0978. The lowest BCUT2D eigenvalue weighted by Gasteiger charge is -2.18. The molecule has 1 aliphatic rings. The number of carbonyl (C=O) groups is 2. The van der Waals surface area contributed by atoms with Gasteiger partial charge in [0.25, 0.3) is 0 Å². The van der Waals surface area contributed by atoms with Crippen molar-refractivity contribution in [2.75, 3.05) is 0 Å². The van der Waals surface area contributed by atoms with Crippen LogP contribution >= 0.6 is 0 Å². The summed E-state index contributed by atoms with van der Waals surface area (Å²) >= 11 is 0. The number of nitrogens with zero attached hydrogens (tertiary/aromatic N) is 3. The number of fused-ring (bicyclic) bond motifs is 2. The summed E-state index contributed by atoms with van der Waals surface area (Å²) in [6, 6.07) is 12.4. The predicted molar refractivity (Wildman–Crippen MR) is 74.6 cm³/mol. The molecule has 0 saturated heterocycles. The molecular weight excluding hydrogens is 254 g/mol. The molecular formula is C15H10N3O2-. The standard InChI is InChI=1S/C15H10O2.N3/c1-9-5-4-8-12-13(9)15(17)11-7-3-2-6-10(11)14(12)16;1-3-2/h2-8H,1H3;/q;-1. The number of aryl methyl sites for hydroxylation is 1. The van der Waals surface area contributed by atoms with Gasteiger partial charge >= 0.3 is 0 Å². The van der Waals surface area contributed by atoms with Crippen molar-refractivity contribution in [2.24, 2.45) is 0 Å². The summed E-state index contributed by atoms with van der Waals surface area (Å²) in [5.74, 6) is -0.104. The Labute approximate surface area is 115 Å². The number of hydrogen-bond donors (Lipinski definition) is 0. The second-order valence-electron chi connectivity index (χ2n) is 4.29. The maximum Gasteiger partial charge on any atom is 0.194 e. The molecule has 0 heterocycles. The Hall–Kier alpha value is -2.91. The van der Waals surface area contributed by atoms with Gasteiger partial charge in [-0.15, -0.1) is 0 Å². The fourth-order valence-electron chi connectivity index (χ4n) is 2.32. The van der Waals surface area contributed by atoms with Crippen LogP contribution in [0.4, 0.5) is 0 Å². The van der Waals surface area contributed by atoms with Gasteiger partial charge in [0, 0.05) is 22.3 Å². The van der Waals surface area contributed by atoms with E-state index >= 15 is 0 Å². The number of benzene rings is 2. The normalized spacial score (nSPS) is 11.7. The third kappa shape index (κ3) is 2.06. The quantitative estimate of drug-likeness (QED) is 0.352. The van der Waals surface area contributed by atoms with E-state index in [0.29, 0.717) is 22.3 Å². The Morgan fingerprint density at radius 1 is 0.800 bits per heavy atom. The first-order chi connectivity index (χ1) is 9.61. The van der Waals surface area contributed by atoms with Crippen molar-refractivity contribution in [1.29, 1.82) is 0 Å². The van der Waals surface area contributed by atoms with Crippen LogP contribution in [0.3, 0.4) is 0 Å². The van der Waals surface area contributed by atoms with Gasteiger partial charge in [0.2, 0.25) is 0 Å². The number of hydrogen-bond acceptors (Lipinski definition) is 2. The summed E-state index contributed by atoms with van der Waals surface area (Å²) in [5.41, 5.74) is 16.5. The smallest absolute Gasteiger partial charge is 0.194 e. The highest BCUT2D eigenvalue weighted by molar-refractivity contribution is 6.28. The van der Waals surface area contributed by atoms with Gasteiger partial charge in [0.1, 0.15) is 0 Å². The van der Waals surface area contributed by atoms with E-state index in [1.165, 1.54) is 4.91 Å². The molecule has 20 heavy (non-hydrogen) atoms. The van der Waals surface area contributed by atoms with Crippen molar-refractivity contribution in [2.45, 2.75) is 6.92 Å². The molecule has 0 aliphatic heterocycles. The molecule has 5 heteroatoms. The third-order valence-electron chi connectivity index (χ3n) is 3.16. The summed E-state index contributed by atoms with van der Waals surface area (Å²) in [6.07, 6.45) is 0. The van der Waals surface area contributed by atoms with Gasteiger partial charge in [0.05, 0.1) is 0 Å². The zero-order chi connectivity index (χ0) is 14.7. The second-order valence-corrected chi connectivity index (χ2v) is 4.29. The number of carbonyl (C=O) groups excluding carboxylic acids is 2. The molecule has 0 aromatic heterocycles. The van der Waals surface area contributed by atoms with Gasteiger partial charge in [-0.3, -0.25) is 14.5 Å². The van der Waals surface area contributed by atoms with Crippen LogP contribution in [0, 0.1) is 6.92 Å². The molecule has 2 aromatic carbocycles. The second kappa shape index (κ2) is 5.38. The molecule has 2 aromatic rings. The summed E-state index contributed by atoms with van der Waals surface area (Å²) in [5, 5.41) is 0. The fraction of sp³-hybridized carbons (Fsp3) is 0.0667. The number of rotatable bonds is 0. The molecule has 5 nitrogen and oxygen atoms in total. The topological polar surface area (TPSA) is 92.8 Å². The first-order valence-electron chi connectivity index (χ1n) is 5.88. The van der Waals surface area contributed by atoms with E-state index in [-0.39, 0.29) is 11.6 Å². The molecule has 3 rings (SSSR count). The van der Waals surface area contributed by atoms with Crippen LogP contribution in [-0.4, -0.2) is 11.6 Å². The minimum Gasteiger partial charge on any atom is -0.373 e. The van der Waals surface area contributed by atoms with Crippen LogP contribution in [0.25, 0.3) is 16.0 Å². The molecule has 0 atom stereocenters. The number of ketones is 2. The van der Waals surface area contributed by atoms with Crippen LogP contribution in [0.5, 0.6) is 0 Å². The van der Waals surface area contributed by atoms with Gasteiger partial charge in [-0.25, -0.2) is 0 Å². The van der Waals surface area contributed by atoms with E-state index in [1.807, 2.05) is 19.1 Å². The molecule has 0 spiro atoms. The van der Waals surface area contributed by atoms with Crippen molar-refractivity contribution in [3.63, 3.8) is 0 Å². The molecule has 0 amide bonds. The van der Waals surface area contributed by atoms with Crippen LogP contribution in [-0.2, 0) is 0 Å². The summed E-state index contributed by atoms with van der Waals surface area (Å²) in [6.45, 7) is 1.86.